The van der Waals surface area contributed by atoms with E-state index in [0.717, 1.165) is 46.9 Å². The van der Waals surface area contributed by atoms with Crippen molar-refractivity contribution in [3.05, 3.63) is 35.0 Å². The minimum Gasteiger partial charge on any atom is -0.464 e. The summed E-state index contributed by atoms with van der Waals surface area (Å²) in [6, 6.07) is 5.87. The van der Waals surface area contributed by atoms with Gasteiger partial charge in [-0.05, 0) is 17.7 Å². The molecular weight excluding hydrogens is 224 g/mol. The molecule has 1 aromatic carbocycles. The van der Waals surface area contributed by atoms with Gasteiger partial charge in [0, 0.05) is 29.4 Å². The average Bonchev–Trinajstić information content (AvgIpc) is 2.89. The fourth-order valence-electron chi connectivity index (χ4n) is 1.91. The Labute approximate surface area is 98.1 Å². The van der Waals surface area contributed by atoms with Crippen molar-refractivity contribution in [2.75, 3.05) is 13.1 Å². The number of aliphatic imine (C=N–C) groups is 1. The van der Waals surface area contributed by atoms with Crippen LogP contribution in [-0.4, -0.2) is 18.9 Å². The van der Waals surface area contributed by atoms with E-state index in [2.05, 4.69) is 16.4 Å². The van der Waals surface area contributed by atoms with Crippen molar-refractivity contribution in [2.24, 2.45) is 4.99 Å². The summed E-state index contributed by atoms with van der Waals surface area (Å²) in [6.07, 6.45) is 2.44. The number of halogens is 1. The lowest BCUT2D eigenvalue weighted by Crippen LogP contribution is -2.20. The Kier molecular flexibility index (Phi) is 2.33. The van der Waals surface area contributed by atoms with Crippen LogP contribution in [0.1, 0.15) is 5.56 Å². The first-order valence-corrected chi connectivity index (χ1v) is 5.63. The molecule has 2 aromatic rings. The number of benzene rings is 1. The highest BCUT2D eigenvalue weighted by Gasteiger charge is 2.10. The lowest BCUT2D eigenvalue weighted by atomic mass is 10.1. The Balaban J connectivity index is 1.98. The fraction of sp³-hybridized carbons (Fsp3) is 0.250. The van der Waals surface area contributed by atoms with Crippen molar-refractivity contribution < 1.29 is 4.42 Å². The van der Waals surface area contributed by atoms with E-state index in [0.29, 0.717) is 0 Å². The quantitative estimate of drug-likeness (QED) is 0.868. The van der Waals surface area contributed by atoms with Crippen LogP contribution in [0.3, 0.4) is 0 Å². The molecule has 0 fully saturated rings. The topological polar surface area (TPSA) is 37.5 Å². The van der Waals surface area contributed by atoms with E-state index in [4.69, 9.17) is 16.0 Å². The van der Waals surface area contributed by atoms with Gasteiger partial charge in [-0.2, -0.15) is 0 Å². The molecular formula is C12H11ClN2O. The van der Waals surface area contributed by atoms with Crippen LogP contribution in [0.15, 0.2) is 33.9 Å². The van der Waals surface area contributed by atoms with Crippen molar-refractivity contribution >= 4 is 28.4 Å². The lowest BCUT2D eigenvalue weighted by molar-refractivity contribution is 0.616. The van der Waals surface area contributed by atoms with Crippen LogP contribution in [0.5, 0.6) is 0 Å². The Hall–Kier alpha value is -1.48. The van der Waals surface area contributed by atoms with Crippen LogP contribution in [-0.2, 0) is 6.42 Å². The molecule has 1 aromatic heterocycles. The molecule has 0 amide bonds. The molecule has 0 unspecified atom stereocenters. The summed E-state index contributed by atoms with van der Waals surface area (Å²) >= 11 is 6.20. The molecule has 16 heavy (non-hydrogen) atoms. The van der Waals surface area contributed by atoms with E-state index in [1.54, 1.807) is 6.26 Å². The number of hydrogen-bond acceptors (Lipinski definition) is 3. The molecule has 0 atom stereocenters. The molecule has 1 N–H and O–H groups in total. The molecule has 3 nitrogen and oxygen atoms in total. The molecule has 0 aliphatic carbocycles. The van der Waals surface area contributed by atoms with Gasteiger partial charge in [0.1, 0.15) is 11.4 Å². The number of hydrogen-bond donors (Lipinski definition) is 1. The summed E-state index contributed by atoms with van der Waals surface area (Å²) in [5.74, 6) is 1.02. The second-order valence-electron chi connectivity index (χ2n) is 3.83. The van der Waals surface area contributed by atoms with Crippen molar-refractivity contribution in [2.45, 2.75) is 6.42 Å². The van der Waals surface area contributed by atoms with Gasteiger partial charge < -0.3 is 9.73 Å². The van der Waals surface area contributed by atoms with Crippen LogP contribution in [0.2, 0.25) is 5.02 Å². The van der Waals surface area contributed by atoms with E-state index in [1.807, 2.05) is 12.1 Å². The highest BCUT2D eigenvalue weighted by Crippen LogP contribution is 2.25. The summed E-state index contributed by atoms with van der Waals surface area (Å²) in [6.45, 7) is 1.79. The Morgan fingerprint density at radius 3 is 3.19 bits per heavy atom. The molecule has 1 aliphatic rings. The summed E-state index contributed by atoms with van der Waals surface area (Å²) in [7, 11) is 0. The highest BCUT2D eigenvalue weighted by atomic mass is 35.5. The van der Waals surface area contributed by atoms with Gasteiger partial charge >= 0.3 is 0 Å². The van der Waals surface area contributed by atoms with Crippen molar-refractivity contribution in [3.8, 4) is 0 Å². The van der Waals surface area contributed by atoms with Gasteiger partial charge in [-0.3, -0.25) is 4.99 Å². The molecule has 3 rings (SSSR count). The molecule has 0 radical (unpaired) electrons. The molecule has 1 aliphatic heterocycles. The van der Waals surface area contributed by atoms with Gasteiger partial charge in [0.15, 0.2) is 0 Å². The number of fused-ring (bicyclic) bond motifs is 1. The number of rotatable bonds is 2. The standard InChI is InChI=1S/C12H11ClN2O/c13-10-7-11-8(1-4-16-11)5-9(10)6-12-14-2-3-15-12/h1,4-5,7H,2-3,6H2,(H,14,15). The highest BCUT2D eigenvalue weighted by molar-refractivity contribution is 6.32. The van der Waals surface area contributed by atoms with E-state index in [1.165, 1.54) is 0 Å². The second kappa shape index (κ2) is 3.83. The largest absolute Gasteiger partial charge is 0.464 e. The zero-order chi connectivity index (χ0) is 11.0. The van der Waals surface area contributed by atoms with Crippen LogP contribution >= 0.6 is 11.6 Å². The van der Waals surface area contributed by atoms with Crippen molar-refractivity contribution in [1.29, 1.82) is 0 Å². The molecule has 4 heteroatoms. The molecule has 82 valence electrons. The van der Waals surface area contributed by atoms with Crippen LogP contribution in [0, 0.1) is 0 Å². The van der Waals surface area contributed by atoms with Gasteiger partial charge in [0.25, 0.3) is 0 Å². The van der Waals surface area contributed by atoms with E-state index < -0.39 is 0 Å². The smallest absolute Gasteiger partial charge is 0.135 e. The molecule has 0 saturated carbocycles. The monoisotopic (exact) mass is 234 g/mol. The summed E-state index contributed by atoms with van der Waals surface area (Å²) in [5, 5.41) is 5.06. The SMILES string of the molecule is Clc1cc2occc2cc1CC1=NCCN1. The van der Waals surface area contributed by atoms with Gasteiger partial charge in [0.2, 0.25) is 0 Å². The minimum absolute atomic E-state index is 0.735. The number of furan rings is 1. The average molecular weight is 235 g/mol. The lowest BCUT2D eigenvalue weighted by Gasteiger charge is -2.05. The first-order chi connectivity index (χ1) is 7.83. The number of nitrogens with one attached hydrogen (secondary N) is 1. The van der Waals surface area contributed by atoms with E-state index in [-0.39, 0.29) is 0 Å². The Morgan fingerprint density at radius 1 is 1.44 bits per heavy atom. The van der Waals surface area contributed by atoms with E-state index in [9.17, 15) is 0 Å². The van der Waals surface area contributed by atoms with Gasteiger partial charge in [0.05, 0.1) is 12.8 Å². The maximum atomic E-state index is 6.20. The Morgan fingerprint density at radius 2 is 2.38 bits per heavy atom. The predicted molar refractivity (Wildman–Crippen MR) is 65.2 cm³/mol. The van der Waals surface area contributed by atoms with Crippen molar-refractivity contribution in [3.63, 3.8) is 0 Å². The summed E-state index contributed by atoms with van der Waals surface area (Å²) in [4.78, 5) is 4.36. The van der Waals surface area contributed by atoms with Gasteiger partial charge in [-0.15, -0.1) is 0 Å². The molecule has 0 bridgehead atoms. The van der Waals surface area contributed by atoms with Crippen LogP contribution in [0.4, 0.5) is 0 Å². The van der Waals surface area contributed by atoms with Gasteiger partial charge in [-0.25, -0.2) is 0 Å². The fourth-order valence-corrected chi connectivity index (χ4v) is 2.13. The zero-order valence-corrected chi connectivity index (χ0v) is 9.42. The number of nitrogens with zero attached hydrogens (tertiary/aromatic N) is 1. The van der Waals surface area contributed by atoms with Crippen LogP contribution in [0.25, 0.3) is 11.0 Å². The van der Waals surface area contributed by atoms with Crippen molar-refractivity contribution in [1.82, 2.24) is 5.32 Å². The maximum Gasteiger partial charge on any atom is 0.135 e. The zero-order valence-electron chi connectivity index (χ0n) is 8.66. The van der Waals surface area contributed by atoms with E-state index >= 15 is 0 Å². The Bertz CT molecular complexity index is 559. The summed E-state index contributed by atoms with van der Waals surface area (Å²) in [5.41, 5.74) is 1.92. The molecule has 0 spiro atoms. The third-order valence-corrected chi connectivity index (χ3v) is 3.07. The third kappa shape index (κ3) is 1.67. The molecule has 0 saturated heterocycles. The maximum absolute atomic E-state index is 6.20. The third-order valence-electron chi connectivity index (χ3n) is 2.72. The number of amidine groups is 1. The first kappa shape index (κ1) is 9.73. The first-order valence-electron chi connectivity index (χ1n) is 5.26. The predicted octanol–water partition coefficient (Wildman–Crippen LogP) is 2.63. The second-order valence-corrected chi connectivity index (χ2v) is 4.24. The molecule has 2 heterocycles. The minimum atomic E-state index is 0.735. The summed E-state index contributed by atoms with van der Waals surface area (Å²) < 4.78 is 5.29. The van der Waals surface area contributed by atoms with Crippen LogP contribution < -0.4 is 5.32 Å². The van der Waals surface area contributed by atoms with Gasteiger partial charge in [-0.1, -0.05) is 11.6 Å². The normalized spacial score (nSPS) is 15.2.